The molecule has 5 rings (SSSR count). The van der Waals surface area contributed by atoms with E-state index in [1.807, 2.05) is 0 Å². The minimum Gasteiger partial charge on any atom is -0.242 e. The maximum absolute atomic E-state index is 5.62. The number of rotatable bonds is 0. The van der Waals surface area contributed by atoms with Crippen LogP contribution in [0.4, 0.5) is 0 Å². The maximum Gasteiger partial charge on any atom is 0.0831 e. The van der Waals surface area contributed by atoms with Crippen LogP contribution in [0.5, 0.6) is 0 Å². The molecule has 0 spiro atoms. The second-order valence-corrected chi connectivity index (χ2v) is 5.92. The quantitative estimate of drug-likeness (QED) is 0.0726. The Morgan fingerprint density at radius 3 is 0.719 bits per heavy atom. The van der Waals surface area contributed by atoms with Crippen LogP contribution in [0.15, 0.2) is 72.8 Å². The van der Waals surface area contributed by atoms with Crippen molar-refractivity contribution in [2.24, 2.45) is 0 Å². The third-order valence-corrected chi connectivity index (χ3v) is 4.39. The van der Waals surface area contributed by atoms with E-state index in [0.717, 1.165) is 0 Å². The Bertz CT molecular complexity index is 1240. The van der Waals surface area contributed by atoms with Crippen molar-refractivity contribution in [1.29, 1.82) is 43.3 Å². The first-order chi connectivity index (χ1) is 15.6. The van der Waals surface area contributed by atoms with Crippen molar-refractivity contribution >= 4 is 67.1 Å². The molecule has 0 fully saturated rings. The van der Waals surface area contributed by atoms with Crippen LogP contribution in [0.3, 0.4) is 0 Å². The summed E-state index contributed by atoms with van der Waals surface area (Å²) in [7, 11) is 0. The van der Waals surface area contributed by atoms with Crippen molar-refractivity contribution in [3.05, 3.63) is 72.8 Å². The average Bonchev–Trinajstić information content (AvgIpc) is 2.79. The normalized spacial score (nSPS) is 8.50. The molecule has 0 aliphatic heterocycles. The molecular formula is C24H20N8. The van der Waals surface area contributed by atoms with Gasteiger partial charge in [0.15, 0.2) is 0 Å². The van der Waals surface area contributed by atoms with Gasteiger partial charge in [-0.25, -0.2) is 43.3 Å². The Hall–Kier alpha value is -5.08. The molecule has 8 heteroatoms. The first-order valence-electron chi connectivity index (χ1n) is 8.98. The molecule has 0 bridgehead atoms. The fraction of sp³-hybridized carbons (Fsp3) is 0. The molecule has 0 aromatic heterocycles. The zero-order valence-electron chi connectivity index (χ0n) is 16.9. The molecule has 0 unspecified atom stereocenters. The van der Waals surface area contributed by atoms with E-state index in [-0.39, 0.29) is 0 Å². The van der Waals surface area contributed by atoms with Gasteiger partial charge in [-0.3, -0.25) is 0 Å². The summed E-state index contributed by atoms with van der Waals surface area (Å²) in [6.45, 7) is 0. The zero-order chi connectivity index (χ0) is 23.9. The second kappa shape index (κ2) is 13.2. The lowest BCUT2D eigenvalue weighted by Gasteiger charge is -2.13. The monoisotopic (exact) mass is 420 g/mol. The lowest BCUT2D eigenvalue weighted by Crippen LogP contribution is -1.85. The van der Waals surface area contributed by atoms with Crippen molar-refractivity contribution in [2.45, 2.75) is 0 Å². The Balaban J connectivity index is 0.000000364. The van der Waals surface area contributed by atoms with Crippen molar-refractivity contribution in [2.75, 3.05) is 0 Å². The van der Waals surface area contributed by atoms with E-state index < -0.39 is 0 Å². The van der Waals surface area contributed by atoms with Crippen molar-refractivity contribution < 1.29 is 0 Å². The third kappa shape index (κ3) is 5.50. The number of hydrogen-bond donors (Lipinski definition) is 8. The van der Waals surface area contributed by atoms with Gasteiger partial charge in [-0.1, -0.05) is 72.8 Å². The van der Waals surface area contributed by atoms with Crippen molar-refractivity contribution in [3.8, 4) is 0 Å². The molecule has 0 heterocycles. The SMILES string of the molecule is N=C=N.N=C=N.N=C=N.N=C=N.c1cc2cccc3c4cccc5cccc(c(c1)c23)c54. The van der Waals surface area contributed by atoms with E-state index in [2.05, 4.69) is 72.8 Å². The molecule has 32 heavy (non-hydrogen) atoms. The predicted molar refractivity (Wildman–Crippen MR) is 129 cm³/mol. The first kappa shape index (κ1) is 25.0. The fourth-order valence-electron chi connectivity index (χ4n) is 3.58. The lowest BCUT2D eigenvalue weighted by molar-refractivity contribution is 1.47. The Morgan fingerprint density at radius 2 is 0.531 bits per heavy atom. The lowest BCUT2D eigenvalue weighted by atomic mass is 9.90. The van der Waals surface area contributed by atoms with E-state index in [0.29, 0.717) is 0 Å². The van der Waals surface area contributed by atoms with Gasteiger partial charge in [0.1, 0.15) is 0 Å². The molecule has 8 N–H and O–H groups in total. The van der Waals surface area contributed by atoms with Crippen LogP contribution in [0, 0.1) is 43.3 Å². The number of nitrogens with one attached hydrogen (secondary N) is 8. The van der Waals surface area contributed by atoms with Gasteiger partial charge in [-0.2, -0.15) is 0 Å². The van der Waals surface area contributed by atoms with Gasteiger partial charge in [0, 0.05) is 0 Å². The van der Waals surface area contributed by atoms with Gasteiger partial charge in [0.2, 0.25) is 0 Å². The Labute approximate surface area is 183 Å². The Morgan fingerprint density at radius 1 is 0.344 bits per heavy atom. The molecular weight excluding hydrogens is 400 g/mol. The molecule has 0 aliphatic rings. The highest BCUT2D eigenvalue weighted by Gasteiger charge is 2.11. The van der Waals surface area contributed by atoms with Crippen LogP contribution in [0.25, 0.3) is 43.1 Å². The fourth-order valence-corrected chi connectivity index (χ4v) is 3.58. The topological polar surface area (TPSA) is 191 Å². The van der Waals surface area contributed by atoms with Crippen molar-refractivity contribution in [1.82, 2.24) is 0 Å². The third-order valence-electron chi connectivity index (χ3n) is 4.39. The molecule has 8 nitrogen and oxygen atoms in total. The van der Waals surface area contributed by atoms with Crippen LogP contribution < -0.4 is 0 Å². The van der Waals surface area contributed by atoms with Crippen LogP contribution in [0.1, 0.15) is 0 Å². The van der Waals surface area contributed by atoms with Crippen LogP contribution >= 0.6 is 0 Å². The largest absolute Gasteiger partial charge is 0.242 e. The summed E-state index contributed by atoms with van der Waals surface area (Å²) < 4.78 is 0. The van der Waals surface area contributed by atoms with E-state index in [9.17, 15) is 0 Å². The van der Waals surface area contributed by atoms with Crippen LogP contribution in [0.2, 0.25) is 0 Å². The number of fused-ring (bicyclic) bond motifs is 2. The van der Waals surface area contributed by atoms with Crippen LogP contribution in [-0.4, -0.2) is 24.0 Å². The molecule has 0 aliphatic carbocycles. The van der Waals surface area contributed by atoms with Gasteiger partial charge in [-0.15, -0.1) is 0 Å². The minimum atomic E-state index is 1.25. The van der Waals surface area contributed by atoms with E-state index in [4.69, 9.17) is 43.3 Å². The summed E-state index contributed by atoms with van der Waals surface area (Å²) in [6, 6.07) is 31.4. The summed E-state index contributed by atoms with van der Waals surface area (Å²) >= 11 is 0. The summed E-state index contributed by atoms with van der Waals surface area (Å²) in [5.74, 6) is 0. The standard InChI is InChI=1S/C20H12.4CH2N2/c1-5-13-6-2-11-17-18-12-4-8-14-7-3-10-16(20(14)18)15(9-1)19(13)17;4*2-1-3/h1-12H;4*2-3H. The van der Waals surface area contributed by atoms with E-state index in [1.165, 1.54) is 67.1 Å². The molecule has 5 aromatic rings. The molecule has 0 saturated heterocycles. The number of benzene rings is 5. The molecule has 0 radical (unpaired) electrons. The molecule has 0 amide bonds. The van der Waals surface area contributed by atoms with E-state index >= 15 is 0 Å². The number of hydrogen-bond acceptors (Lipinski definition) is 8. The zero-order valence-corrected chi connectivity index (χ0v) is 16.9. The predicted octanol–water partition coefficient (Wildman–Crippen LogP) is 7.01. The van der Waals surface area contributed by atoms with Gasteiger partial charge in [0.25, 0.3) is 0 Å². The highest BCUT2D eigenvalue weighted by molar-refractivity contribution is 6.32. The molecule has 5 aromatic carbocycles. The average molecular weight is 420 g/mol. The van der Waals surface area contributed by atoms with Crippen LogP contribution in [-0.2, 0) is 0 Å². The second-order valence-electron chi connectivity index (χ2n) is 5.92. The molecule has 0 atom stereocenters. The smallest absolute Gasteiger partial charge is 0.0831 e. The summed E-state index contributed by atoms with van der Waals surface area (Å²) in [6.07, 6.45) is 0. The Kier molecular flexibility index (Phi) is 10.3. The summed E-state index contributed by atoms with van der Waals surface area (Å²) in [5, 5.41) is 55.9. The maximum atomic E-state index is 5.62. The van der Waals surface area contributed by atoms with E-state index in [1.54, 1.807) is 0 Å². The van der Waals surface area contributed by atoms with Gasteiger partial charge in [-0.05, 0) is 43.1 Å². The summed E-state index contributed by atoms with van der Waals surface area (Å²) in [5.41, 5.74) is 0. The highest BCUT2D eigenvalue weighted by atomic mass is 14.4. The molecule has 0 saturated carbocycles. The van der Waals surface area contributed by atoms with Gasteiger partial charge >= 0.3 is 0 Å². The van der Waals surface area contributed by atoms with Gasteiger partial charge < -0.3 is 0 Å². The van der Waals surface area contributed by atoms with Gasteiger partial charge in [0.05, 0.1) is 24.0 Å². The summed E-state index contributed by atoms with van der Waals surface area (Å²) in [4.78, 5) is 0. The first-order valence-corrected chi connectivity index (χ1v) is 8.98. The minimum absolute atomic E-state index is 1.25. The highest BCUT2D eigenvalue weighted by Crippen LogP contribution is 2.39. The van der Waals surface area contributed by atoms with Crippen molar-refractivity contribution in [3.63, 3.8) is 0 Å². The molecule has 156 valence electrons.